The van der Waals surface area contributed by atoms with Crippen LogP contribution in [-0.4, -0.2) is 17.1 Å². The third-order valence-electron chi connectivity index (χ3n) is 4.00. The number of carboxylic acid groups (broad SMARTS) is 1. The molecule has 0 atom stereocenters. The first-order valence-electron chi connectivity index (χ1n) is 6.89. The lowest BCUT2D eigenvalue weighted by molar-refractivity contribution is 0.0697. The Hall–Kier alpha value is -1.03. The summed E-state index contributed by atoms with van der Waals surface area (Å²) in [5, 5.41) is 12.5. The Labute approximate surface area is 122 Å². The number of anilines is 1. The van der Waals surface area contributed by atoms with Crippen molar-refractivity contribution in [3.05, 3.63) is 28.2 Å². The summed E-state index contributed by atoms with van der Waals surface area (Å²) in [5.41, 5.74) is 1.30. The monoisotopic (exact) mass is 325 g/mol. The van der Waals surface area contributed by atoms with Crippen LogP contribution in [-0.2, 0) is 0 Å². The Bertz CT molecular complexity index is 453. The summed E-state index contributed by atoms with van der Waals surface area (Å²) in [5.74, 6) is -0.00780. The van der Waals surface area contributed by atoms with E-state index in [-0.39, 0.29) is 0 Å². The van der Waals surface area contributed by atoms with Gasteiger partial charge in [-0.2, -0.15) is 0 Å². The molecule has 0 saturated heterocycles. The van der Waals surface area contributed by atoms with Gasteiger partial charge in [-0.1, -0.05) is 13.3 Å². The van der Waals surface area contributed by atoms with Gasteiger partial charge in [0.15, 0.2) is 0 Å². The topological polar surface area (TPSA) is 49.3 Å². The van der Waals surface area contributed by atoms with Crippen molar-refractivity contribution in [3.8, 4) is 0 Å². The van der Waals surface area contributed by atoms with Crippen LogP contribution in [0.5, 0.6) is 0 Å². The van der Waals surface area contributed by atoms with Crippen LogP contribution >= 0.6 is 15.9 Å². The third kappa shape index (κ3) is 3.72. The highest BCUT2D eigenvalue weighted by Crippen LogP contribution is 2.31. The van der Waals surface area contributed by atoms with Crippen LogP contribution in [0.4, 0.5) is 5.69 Å². The lowest BCUT2D eigenvalue weighted by Crippen LogP contribution is -2.26. The maximum atomic E-state index is 10.9. The third-order valence-corrected chi connectivity index (χ3v) is 4.66. The first kappa shape index (κ1) is 14.4. The molecule has 1 aromatic carbocycles. The summed E-state index contributed by atoms with van der Waals surface area (Å²) in [6.07, 6.45) is 6.26. The maximum absolute atomic E-state index is 10.9. The summed E-state index contributed by atoms with van der Waals surface area (Å²) in [6, 6.07) is 5.66. The second-order valence-electron chi connectivity index (χ2n) is 5.27. The van der Waals surface area contributed by atoms with Gasteiger partial charge in [0, 0.05) is 16.2 Å². The molecular weight excluding hydrogens is 306 g/mol. The molecule has 0 bridgehead atoms. The molecule has 1 aromatic rings. The van der Waals surface area contributed by atoms with Gasteiger partial charge >= 0.3 is 5.97 Å². The van der Waals surface area contributed by atoms with Crippen molar-refractivity contribution in [3.63, 3.8) is 0 Å². The number of carbonyl (C=O) groups is 1. The Morgan fingerprint density at radius 1 is 1.37 bits per heavy atom. The minimum atomic E-state index is -0.893. The van der Waals surface area contributed by atoms with Gasteiger partial charge in [-0.25, -0.2) is 4.79 Å². The zero-order chi connectivity index (χ0) is 13.8. The molecule has 0 aliphatic heterocycles. The summed E-state index contributed by atoms with van der Waals surface area (Å²) < 4.78 is 0.824. The molecule has 2 N–H and O–H groups in total. The van der Waals surface area contributed by atoms with E-state index in [9.17, 15) is 4.79 Å². The van der Waals surface area contributed by atoms with Gasteiger partial charge in [-0.15, -0.1) is 0 Å². The second-order valence-corrected chi connectivity index (χ2v) is 6.12. The van der Waals surface area contributed by atoms with Gasteiger partial charge in [-0.3, -0.25) is 0 Å². The first-order chi connectivity index (χ1) is 9.10. The van der Waals surface area contributed by atoms with Crippen molar-refractivity contribution >= 4 is 27.6 Å². The van der Waals surface area contributed by atoms with Crippen LogP contribution in [0.25, 0.3) is 0 Å². The molecule has 1 aliphatic carbocycles. The largest absolute Gasteiger partial charge is 0.478 e. The Kier molecular flexibility index (Phi) is 4.86. The van der Waals surface area contributed by atoms with E-state index in [2.05, 4.69) is 28.2 Å². The number of rotatable bonds is 4. The fourth-order valence-corrected chi connectivity index (χ4v) is 3.19. The van der Waals surface area contributed by atoms with E-state index in [1.54, 1.807) is 12.1 Å². The standard InChI is InChI=1S/C15H20BrNO2/c1-2-10-3-6-12(7-4-10)17-14-8-5-11(15(18)19)9-13(14)16/h5,8-10,12,17H,2-4,6-7H2,1H3,(H,18,19). The molecule has 0 spiro atoms. The van der Waals surface area contributed by atoms with E-state index in [1.165, 1.54) is 32.1 Å². The van der Waals surface area contributed by atoms with E-state index in [0.29, 0.717) is 11.6 Å². The van der Waals surface area contributed by atoms with E-state index in [1.807, 2.05) is 6.07 Å². The van der Waals surface area contributed by atoms with E-state index in [0.717, 1.165) is 16.1 Å². The predicted molar refractivity (Wildman–Crippen MR) is 80.8 cm³/mol. The average Bonchev–Trinajstić information content (AvgIpc) is 2.41. The van der Waals surface area contributed by atoms with Gasteiger partial charge in [0.1, 0.15) is 0 Å². The van der Waals surface area contributed by atoms with Crippen molar-refractivity contribution < 1.29 is 9.90 Å². The molecule has 3 nitrogen and oxygen atoms in total. The van der Waals surface area contributed by atoms with Crippen LogP contribution in [0.2, 0.25) is 0 Å². The van der Waals surface area contributed by atoms with E-state index >= 15 is 0 Å². The van der Waals surface area contributed by atoms with Crippen LogP contribution in [0.1, 0.15) is 49.4 Å². The van der Waals surface area contributed by atoms with Crippen molar-refractivity contribution in [2.24, 2.45) is 5.92 Å². The average molecular weight is 326 g/mol. The van der Waals surface area contributed by atoms with Crippen molar-refractivity contribution in [1.29, 1.82) is 0 Å². The van der Waals surface area contributed by atoms with Gasteiger partial charge in [-0.05, 0) is 65.7 Å². The number of carboxylic acids is 1. The maximum Gasteiger partial charge on any atom is 0.335 e. The zero-order valence-electron chi connectivity index (χ0n) is 11.2. The molecule has 0 heterocycles. The molecule has 104 valence electrons. The van der Waals surface area contributed by atoms with E-state index < -0.39 is 5.97 Å². The second kappa shape index (κ2) is 6.42. The van der Waals surface area contributed by atoms with Crippen molar-refractivity contribution in [2.45, 2.75) is 45.1 Å². The zero-order valence-corrected chi connectivity index (χ0v) is 12.7. The lowest BCUT2D eigenvalue weighted by atomic mass is 9.84. The summed E-state index contributed by atoms with van der Waals surface area (Å²) in [6.45, 7) is 2.26. The van der Waals surface area contributed by atoms with Gasteiger partial charge in [0.2, 0.25) is 0 Å². The number of hydrogen-bond donors (Lipinski definition) is 2. The molecule has 0 unspecified atom stereocenters. The molecule has 0 aromatic heterocycles. The Morgan fingerprint density at radius 3 is 2.58 bits per heavy atom. The minimum Gasteiger partial charge on any atom is -0.478 e. The number of hydrogen-bond acceptors (Lipinski definition) is 2. The highest BCUT2D eigenvalue weighted by molar-refractivity contribution is 9.10. The predicted octanol–water partition coefficient (Wildman–Crippen LogP) is 4.53. The fraction of sp³-hybridized carbons (Fsp3) is 0.533. The van der Waals surface area contributed by atoms with Crippen LogP contribution in [0.15, 0.2) is 22.7 Å². The molecule has 0 radical (unpaired) electrons. The Balaban J connectivity index is 1.98. The van der Waals surface area contributed by atoms with E-state index in [4.69, 9.17) is 5.11 Å². The first-order valence-corrected chi connectivity index (χ1v) is 7.68. The molecule has 1 saturated carbocycles. The van der Waals surface area contributed by atoms with Crippen molar-refractivity contribution in [2.75, 3.05) is 5.32 Å². The Morgan fingerprint density at radius 2 is 2.05 bits per heavy atom. The molecule has 4 heteroatoms. The summed E-state index contributed by atoms with van der Waals surface area (Å²) >= 11 is 3.44. The number of nitrogens with one attached hydrogen (secondary N) is 1. The summed E-state index contributed by atoms with van der Waals surface area (Å²) in [4.78, 5) is 10.9. The molecule has 1 aliphatic rings. The lowest BCUT2D eigenvalue weighted by Gasteiger charge is -2.29. The fourth-order valence-electron chi connectivity index (χ4n) is 2.70. The van der Waals surface area contributed by atoms with Crippen LogP contribution in [0.3, 0.4) is 0 Å². The normalized spacial score (nSPS) is 23.1. The number of aromatic carboxylic acids is 1. The van der Waals surface area contributed by atoms with Crippen LogP contribution in [0, 0.1) is 5.92 Å². The van der Waals surface area contributed by atoms with Crippen molar-refractivity contribution in [1.82, 2.24) is 0 Å². The smallest absolute Gasteiger partial charge is 0.335 e. The molecule has 19 heavy (non-hydrogen) atoms. The van der Waals surface area contributed by atoms with Gasteiger partial charge in [0.25, 0.3) is 0 Å². The highest BCUT2D eigenvalue weighted by Gasteiger charge is 2.20. The molecule has 2 rings (SSSR count). The highest BCUT2D eigenvalue weighted by atomic mass is 79.9. The molecular formula is C15H20BrNO2. The van der Waals surface area contributed by atoms with Gasteiger partial charge in [0.05, 0.1) is 5.56 Å². The van der Waals surface area contributed by atoms with Gasteiger partial charge < -0.3 is 10.4 Å². The number of halogens is 1. The molecule has 0 amide bonds. The summed E-state index contributed by atoms with van der Waals surface area (Å²) in [7, 11) is 0. The minimum absolute atomic E-state index is 0.312. The van der Waals surface area contributed by atoms with Crippen LogP contribution < -0.4 is 5.32 Å². The SMILES string of the molecule is CCC1CCC(Nc2ccc(C(=O)O)cc2Br)CC1. The molecule has 1 fully saturated rings. The number of benzene rings is 1. The quantitative estimate of drug-likeness (QED) is 0.855.